The number of carbonyl (C=O) groups is 1. The number of rotatable bonds is 6. The zero-order valence-electron chi connectivity index (χ0n) is 14.8. The molecule has 24 heavy (non-hydrogen) atoms. The molecule has 132 valence electrons. The van der Waals surface area contributed by atoms with Gasteiger partial charge in [0.15, 0.2) is 5.96 Å². The predicted molar refractivity (Wildman–Crippen MR) is 97.1 cm³/mol. The molecular formula is C19H29N3O2. The average Bonchev–Trinajstić information content (AvgIpc) is 2.62. The highest BCUT2D eigenvalue weighted by Gasteiger charge is 2.21. The van der Waals surface area contributed by atoms with Crippen LogP contribution in [0.25, 0.3) is 0 Å². The summed E-state index contributed by atoms with van der Waals surface area (Å²) in [6.07, 6.45) is 3.84. The number of piperidine rings is 1. The summed E-state index contributed by atoms with van der Waals surface area (Å²) in [6, 6.07) is 10.7. The van der Waals surface area contributed by atoms with E-state index >= 15 is 0 Å². The van der Waals surface area contributed by atoms with Crippen molar-refractivity contribution in [1.82, 2.24) is 10.2 Å². The number of methoxy groups -OCH3 is 1. The van der Waals surface area contributed by atoms with Gasteiger partial charge in [-0.25, -0.2) is 0 Å². The predicted octanol–water partition coefficient (Wildman–Crippen LogP) is 2.47. The third kappa shape index (κ3) is 5.87. The smallest absolute Gasteiger partial charge is 0.307 e. The number of guanidine groups is 1. The largest absolute Gasteiger partial charge is 0.469 e. The lowest BCUT2D eigenvalue weighted by atomic mass is 9.90. The molecule has 5 heteroatoms. The number of ether oxygens (including phenoxy) is 1. The standard InChI is InChI=1S/C19H29N3O2/c1-3-20-19(21-12-9-18(23)24-2)22-13-10-17(11-14-22)15-16-7-5-4-6-8-16/h4-8,17H,3,9-15H2,1-2H3,(H,20,21). The van der Waals surface area contributed by atoms with Crippen LogP contribution in [0.4, 0.5) is 0 Å². The Morgan fingerprint density at radius 1 is 1.29 bits per heavy atom. The number of aliphatic imine (C=N–C) groups is 1. The van der Waals surface area contributed by atoms with Gasteiger partial charge >= 0.3 is 5.97 Å². The Hall–Kier alpha value is -2.04. The second kappa shape index (κ2) is 9.96. The molecule has 1 aliphatic rings. The van der Waals surface area contributed by atoms with Crippen LogP contribution < -0.4 is 5.32 Å². The van der Waals surface area contributed by atoms with Crippen molar-refractivity contribution in [2.75, 3.05) is 33.3 Å². The summed E-state index contributed by atoms with van der Waals surface area (Å²) in [5.74, 6) is 1.44. The molecule has 1 N–H and O–H groups in total. The van der Waals surface area contributed by atoms with Gasteiger partial charge in [0.1, 0.15) is 0 Å². The van der Waals surface area contributed by atoms with Crippen molar-refractivity contribution in [1.29, 1.82) is 0 Å². The number of benzene rings is 1. The van der Waals surface area contributed by atoms with E-state index in [1.807, 2.05) is 0 Å². The van der Waals surface area contributed by atoms with E-state index < -0.39 is 0 Å². The topological polar surface area (TPSA) is 53.9 Å². The lowest BCUT2D eigenvalue weighted by molar-refractivity contribution is -0.140. The maximum atomic E-state index is 11.2. The molecule has 0 aromatic heterocycles. The van der Waals surface area contributed by atoms with Crippen LogP contribution in [0.3, 0.4) is 0 Å². The first-order valence-electron chi connectivity index (χ1n) is 8.87. The summed E-state index contributed by atoms with van der Waals surface area (Å²) in [5.41, 5.74) is 1.43. The third-order valence-corrected chi connectivity index (χ3v) is 4.42. The van der Waals surface area contributed by atoms with E-state index in [4.69, 9.17) is 0 Å². The van der Waals surface area contributed by atoms with E-state index in [0.717, 1.165) is 37.9 Å². The van der Waals surface area contributed by atoms with E-state index in [0.29, 0.717) is 13.0 Å². The molecule has 0 atom stereocenters. The van der Waals surface area contributed by atoms with E-state index in [1.165, 1.54) is 25.5 Å². The molecule has 0 radical (unpaired) electrons. The van der Waals surface area contributed by atoms with Crippen molar-refractivity contribution in [2.24, 2.45) is 10.9 Å². The molecule has 0 amide bonds. The fourth-order valence-electron chi connectivity index (χ4n) is 3.08. The molecule has 1 aromatic rings. The van der Waals surface area contributed by atoms with Gasteiger partial charge in [0.2, 0.25) is 0 Å². The van der Waals surface area contributed by atoms with Crippen LogP contribution in [-0.4, -0.2) is 50.1 Å². The number of likely N-dealkylation sites (tertiary alicyclic amines) is 1. The lowest BCUT2D eigenvalue weighted by Gasteiger charge is -2.34. The van der Waals surface area contributed by atoms with Gasteiger partial charge in [0.25, 0.3) is 0 Å². The zero-order chi connectivity index (χ0) is 17.2. The van der Waals surface area contributed by atoms with Crippen molar-refractivity contribution < 1.29 is 9.53 Å². The summed E-state index contributed by atoms with van der Waals surface area (Å²) in [4.78, 5) is 18.1. The Labute approximate surface area is 145 Å². The maximum absolute atomic E-state index is 11.2. The van der Waals surface area contributed by atoms with E-state index in [1.54, 1.807) is 0 Å². The van der Waals surface area contributed by atoms with E-state index in [2.05, 4.69) is 57.2 Å². The third-order valence-electron chi connectivity index (χ3n) is 4.42. The summed E-state index contributed by atoms with van der Waals surface area (Å²) in [5, 5.41) is 3.33. The first kappa shape index (κ1) is 18.3. The Morgan fingerprint density at radius 3 is 2.62 bits per heavy atom. The molecule has 1 aliphatic heterocycles. The molecule has 0 bridgehead atoms. The van der Waals surface area contributed by atoms with Gasteiger partial charge in [-0.3, -0.25) is 9.79 Å². The molecule has 0 aliphatic carbocycles. The van der Waals surface area contributed by atoms with Crippen LogP contribution >= 0.6 is 0 Å². The maximum Gasteiger partial charge on any atom is 0.307 e. The molecule has 1 aromatic carbocycles. The van der Waals surface area contributed by atoms with Gasteiger partial charge in [-0.05, 0) is 37.7 Å². The molecule has 0 unspecified atom stereocenters. The van der Waals surface area contributed by atoms with Gasteiger partial charge in [-0.15, -0.1) is 0 Å². The van der Waals surface area contributed by atoms with E-state index in [9.17, 15) is 4.79 Å². The first-order chi connectivity index (χ1) is 11.7. The van der Waals surface area contributed by atoms with Crippen molar-refractivity contribution in [2.45, 2.75) is 32.6 Å². The molecule has 0 saturated carbocycles. The minimum absolute atomic E-state index is 0.212. The highest BCUT2D eigenvalue weighted by Crippen LogP contribution is 2.21. The van der Waals surface area contributed by atoms with Crippen LogP contribution in [0.15, 0.2) is 35.3 Å². The molecule has 1 heterocycles. The Morgan fingerprint density at radius 2 is 2.00 bits per heavy atom. The Balaban J connectivity index is 1.83. The highest BCUT2D eigenvalue weighted by molar-refractivity contribution is 5.80. The van der Waals surface area contributed by atoms with Gasteiger partial charge in [-0.2, -0.15) is 0 Å². The molecule has 5 nitrogen and oxygen atoms in total. The van der Waals surface area contributed by atoms with Crippen LogP contribution in [0.1, 0.15) is 31.7 Å². The lowest BCUT2D eigenvalue weighted by Crippen LogP contribution is -2.46. The molecule has 1 saturated heterocycles. The van der Waals surface area contributed by atoms with Crippen molar-refractivity contribution in [3.8, 4) is 0 Å². The van der Waals surface area contributed by atoms with Gasteiger partial charge in [0.05, 0.1) is 20.1 Å². The number of nitrogens with zero attached hydrogens (tertiary/aromatic N) is 2. The summed E-state index contributed by atoms with van der Waals surface area (Å²) < 4.78 is 4.67. The first-order valence-corrected chi connectivity index (χ1v) is 8.87. The second-order valence-electron chi connectivity index (χ2n) is 6.18. The second-order valence-corrected chi connectivity index (χ2v) is 6.18. The average molecular weight is 331 g/mol. The minimum atomic E-state index is -0.212. The minimum Gasteiger partial charge on any atom is -0.469 e. The van der Waals surface area contributed by atoms with E-state index in [-0.39, 0.29) is 5.97 Å². The summed E-state index contributed by atoms with van der Waals surface area (Å²) in [7, 11) is 1.41. The fourth-order valence-corrected chi connectivity index (χ4v) is 3.08. The van der Waals surface area contributed by atoms with Gasteiger partial charge in [-0.1, -0.05) is 30.3 Å². The van der Waals surface area contributed by atoms with Crippen LogP contribution in [0.5, 0.6) is 0 Å². The van der Waals surface area contributed by atoms with Gasteiger partial charge in [0, 0.05) is 19.6 Å². The highest BCUT2D eigenvalue weighted by atomic mass is 16.5. The molecule has 0 spiro atoms. The van der Waals surface area contributed by atoms with Crippen LogP contribution in [-0.2, 0) is 16.0 Å². The number of hydrogen-bond donors (Lipinski definition) is 1. The van der Waals surface area contributed by atoms with Crippen molar-refractivity contribution in [3.63, 3.8) is 0 Å². The fraction of sp³-hybridized carbons (Fsp3) is 0.579. The molecule has 2 rings (SSSR count). The SMILES string of the molecule is CCNC(=NCCC(=O)OC)N1CCC(Cc2ccccc2)CC1. The monoisotopic (exact) mass is 331 g/mol. The number of esters is 1. The Kier molecular flexibility index (Phi) is 7.59. The normalized spacial score (nSPS) is 16.1. The van der Waals surface area contributed by atoms with Crippen LogP contribution in [0, 0.1) is 5.92 Å². The summed E-state index contributed by atoms with van der Waals surface area (Å²) >= 11 is 0. The quantitative estimate of drug-likeness (QED) is 0.494. The van der Waals surface area contributed by atoms with Crippen molar-refractivity contribution >= 4 is 11.9 Å². The molecular weight excluding hydrogens is 302 g/mol. The van der Waals surface area contributed by atoms with Gasteiger partial charge < -0.3 is 15.0 Å². The number of carbonyl (C=O) groups excluding carboxylic acids is 1. The Bertz CT molecular complexity index is 523. The summed E-state index contributed by atoms with van der Waals surface area (Å²) in [6.45, 7) is 5.40. The zero-order valence-corrected chi connectivity index (χ0v) is 14.8. The molecule has 1 fully saturated rings. The van der Waals surface area contributed by atoms with Crippen molar-refractivity contribution in [3.05, 3.63) is 35.9 Å². The van der Waals surface area contributed by atoms with Crippen LogP contribution in [0.2, 0.25) is 0 Å². The number of hydrogen-bond acceptors (Lipinski definition) is 3. The number of nitrogens with one attached hydrogen (secondary N) is 1.